The zero-order valence-electron chi connectivity index (χ0n) is 23.9. The molecule has 5 heterocycles. The molecule has 45 heavy (non-hydrogen) atoms. The normalized spacial score (nSPS) is 15.6. The van der Waals surface area contributed by atoms with Crippen LogP contribution in [-0.2, 0) is 9.53 Å². The van der Waals surface area contributed by atoms with Crippen LogP contribution in [0.15, 0.2) is 101 Å². The molecule has 0 radical (unpaired) electrons. The summed E-state index contributed by atoms with van der Waals surface area (Å²) >= 11 is 6.03. The summed E-state index contributed by atoms with van der Waals surface area (Å²) in [6.07, 6.45) is 3.36. The number of nitrogens with zero attached hydrogens (tertiary/aromatic N) is 4. The van der Waals surface area contributed by atoms with Gasteiger partial charge >= 0.3 is 5.97 Å². The summed E-state index contributed by atoms with van der Waals surface area (Å²) in [6, 6.07) is 17.5. The number of ether oxygens (including phenoxy) is 3. The molecule has 0 saturated heterocycles. The van der Waals surface area contributed by atoms with Gasteiger partial charge in [-0.3, -0.25) is 9.36 Å². The maximum atomic E-state index is 14.2. The van der Waals surface area contributed by atoms with Crippen molar-refractivity contribution < 1.29 is 23.4 Å². The number of rotatable bonds is 7. The van der Waals surface area contributed by atoms with Crippen LogP contribution in [0.3, 0.4) is 0 Å². The Balaban J connectivity index is 1.40. The molecule has 0 saturated carbocycles. The first kappa shape index (κ1) is 29.3. The Kier molecular flexibility index (Phi) is 7.90. The lowest BCUT2D eigenvalue weighted by Crippen LogP contribution is -2.40. The van der Waals surface area contributed by atoms with Crippen LogP contribution in [0.4, 0.5) is 0 Å². The maximum Gasteiger partial charge on any atom is 0.338 e. The van der Waals surface area contributed by atoms with E-state index in [1.807, 2.05) is 49.4 Å². The second-order valence-electron chi connectivity index (χ2n) is 9.91. The Bertz CT molecular complexity index is 2170. The van der Waals surface area contributed by atoms with Crippen molar-refractivity contribution in [1.82, 2.24) is 14.5 Å². The van der Waals surface area contributed by atoms with E-state index in [1.54, 1.807) is 37.4 Å². The lowest BCUT2D eigenvalue weighted by atomic mass is 9.93. The number of halogens is 1. The average molecular weight is 704 g/mol. The zero-order chi connectivity index (χ0) is 31.1. The van der Waals surface area contributed by atoms with Crippen LogP contribution in [0.1, 0.15) is 35.5 Å². The van der Waals surface area contributed by atoms with Gasteiger partial charge in [-0.1, -0.05) is 47.7 Å². The van der Waals surface area contributed by atoms with Gasteiger partial charge < -0.3 is 18.6 Å². The molecule has 0 N–H and O–H groups in total. The van der Waals surface area contributed by atoms with E-state index in [9.17, 15) is 9.59 Å². The number of carbonyl (C=O) groups excluding carboxylic acids is 1. The van der Waals surface area contributed by atoms with E-state index in [0.717, 1.165) is 11.3 Å². The highest BCUT2D eigenvalue weighted by atomic mass is 79.9. The molecule has 5 aromatic rings. The molecule has 3 aromatic heterocycles. The average Bonchev–Trinajstić information content (AvgIpc) is 3.73. The number of thiazole rings is 1. The van der Waals surface area contributed by atoms with Crippen molar-refractivity contribution in [2.75, 3.05) is 13.4 Å². The van der Waals surface area contributed by atoms with E-state index in [0.29, 0.717) is 52.6 Å². The molecule has 0 unspecified atom stereocenters. The molecule has 0 fully saturated rings. The second kappa shape index (κ2) is 12.1. The number of carbonyl (C=O) groups is 1. The van der Waals surface area contributed by atoms with E-state index >= 15 is 0 Å². The molecule has 2 aliphatic heterocycles. The fraction of sp³-hybridized carbons (Fsp3) is 0.156. The standard InChI is InChI=1S/C32H23BrN4O6S2/c1-3-40-29(39)25-26(18-7-5-4-6-8-18)36-32-37(27(25)19-9-10-22-23(13-19)42-16-41-22)28(38)24(44-32)15-20-14-21(33)30(43-20)45-31-34-12-11-17(2)35-31/h4-15,27H,3,16H2,1-2H3/b24-15+/t27-/m0/s1. The molecule has 2 aliphatic rings. The van der Waals surface area contributed by atoms with Crippen LogP contribution in [0, 0.1) is 6.92 Å². The van der Waals surface area contributed by atoms with Crippen molar-refractivity contribution in [1.29, 1.82) is 0 Å². The Morgan fingerprint density at radius 1 is 1.16 bits per heavy atom. The Morgan fingerprint density at radius 2 is 1.98 bits per heavy atom. The summed E-state index contributed by atoms with van der Waals surface area (Å²) in [5, 5.41) is 1.09. The van der Waals surface area contributed by atoms with Gasteiger partial charge in [0.1, 0.15) is 5.76 Å². The van der Waals surface area contributed by atoms with Gasteiger partial charge in [-0.15, -0.1) is 0 Å². The third-order valence-corrected chi connectivity index (χ3v) is 9.69. The van der Waals surface area contributed by atoms with Crippen LogP contribution < -0.4 is 24.4 Å². The molecule has 13 heteroatoms. The summed E-state index contributed by atoms with van der Waals surface area (Å²) in [5.41, 5.74) is 2.56. The highest BCUT2D eigenvalue weighted by Crippen LogP contribution is 2.40. The van der Waals surface area contributed by atoms with Crippen LogP contribution >= 0.6 is 39.0 Å². The molecule has 1 atom stereocenters. The Hall–Kier alpha value is -4.46. The van der Waals surface area contributed by atoms with E-state index in [1.165, 1.54) is 27.7 Å². The van der Waals surface area contributed by atoms with Gasteiger partial charge in [-0.05, 0) is 71.4 Å². The monoisotopic (exact) mass is 702 g/mol. The molecule has 0 bridgehead atoms. The summed E-state index contributed by atoms with van der Waals surface area (Å²) in [7, 11) is 0. The number of aryl methyl sites for hydroxylation is 1. The predicted molar refractivity (Wildman–Crippen MR) is 171 cm³/mol. The van der Waals surface area contributed by atoms with Crippen molar-refractivity contribution in [2.24, 2.45) is 4.99 Å². The first-order chi connectivity index (χ1) is 21.9. The summed E-state index contributed by atoms with van der Waals surface area (Å²) in [5.74, 6) is 1.00. The van der Waals surface area contributed by atoms with E-state index < -0.39 is 12.0 Å². The molecule has 10 nitrogen and oxygen atoms in total. The SMILES string of the molecule is CCOC(=O)C1=C(c2ccccc2)N=c2s/c(=C/c3cc(Br)c(Sc4nccc(C)n4)o3)c(=O)n2[C@H]1c1ccc2c(c1)OCO2. The minimum absolute atomic E-state index is 0.0897. The zero-order valence-corrected chi connectivity index (χ0v) is 27.1. The fourth-order valence-corrected chi connectivity index (χ4v) is 7.33. The van der Waals surface area contributed by atoms with Crippen molar-refractivity contribution in [3.63, 3.8) is 0 Å². The Morgan fingerprint density at radius 3 is 2.78 bits per heavy atom. The highest BCUT2D eigenvalue weighted by molar-refractivity contribution is 9.10. The van der Waals surface area contributed by atoms with Crippen molar-refractivity contribution in [3.05, 3.63) is 119 Å². The predicted octanol–water partition coefficient (Wildman–Crippen LogP) is 5.27. The third kappa shape index (κ3) is 5.62. The molecule has 0 spiro atoms. The number of fused-ring (bicyclic) bond motifs is 2. The van der Waals surface area contributed by atoms with Gasteiger partial charge in [0, 0.05) is 23.5 Å². The quantitative estimate of drug-likeness (QED) is 0.165. The molecule has 7 rings (SSSR count). The maximum absolute atomic E-state index is 14.2. The summed E-state index contributed by atoms with van der Waals surface area (Å²) in [4.78, 5) is 41.9. The fourth-order valence-electron chi connectivity index (χ4n) is 5.04. The summed E-state index contributed by atoms with van der Waals surface area (Å²) in [6.45, 7) is 3.88. The van der Waals surface area contributed by atoms with E-state index in [-0.39, 0.29) is 24.5 Å². The van der Waals surface area contributed by atoms with Gasteiger partial charge in [0.05, 0.1) is 32.9 Å². The lowest BCUT2D eigenvalue weighted by molar-refractivity contribution is -0.138. The van der Waals surface area contributed by atoms with Gasteiger partial charge in [0.15, 0.2) is 26.5 Å². The first-order valence-corrected chi connectivity index (χ1v) is 16.3. The topological polar surface area (TPSA) is 118 Å². The smallest absolute Gasteiger partial charge is 0.338 e. The molecule has 0 amide bonds. The number of benzene rings is 2. The van der Waals surface area contributed by atoms with Gasteiger partial charge in [-0.25, -0.2) is 19.8 Å². The second-order valence-corrected chi connectivity index (χ2v) is 12.7. The number of furan rings is 1. The molecule has 0 aliphatic carbocycles. The molecular weight excluding hydrogens is 680 g/mol. The first-order valence-electron chi connectivity index (χ1n) is 13.8. The number of esters is 1. The number of aromatic nitrogens is 3. The Labute approximate surface area is 272 Å². The van der Waals surface area contributed by atoms with E-state index in [4.69, 9.17) is 23.6 Å². The minimum atomic E-state index is -0.847. The largest absolute Gasteiger partial charge is 0.463 e. The van der Waals surface area contributed by atoms with Crippen LogP contribution in [0.5, 0.6) is 11.5 Å². The van der Waals surface area contributed by atoms with Gasteiger partial charge in [0.25, 0.3) is 5.56 Å². The van der Waals surface area contributed by atoms with Crippen LogP contribution in [0.2, 0.25) is 0 Å². The van der Waals surface area contributed by atoms with Gasteiger partial charge in [0.2, 0.25) is 6.79 Å². The van der Waals surface area contributed by atoms with Crippen molar-refractivity contribution in [3.8, 4) is 11.5 Å². The van der Waals surface area contributed by atoms with Gasteiger partial charge in [-0.2, -0.15) is 0 Å². The van der Waals surface area contributed by atoms with Crippen LogP contribution in [-0.4, -0.2) is 33.9 Å². The summed E-state index contributed by atoms with van der Waals surface area (Å²) < 4.78 is 25.4. The molecular formula is C32H23BrN4O6S2. The van der Waals surface area contributed by atoms with E-state index in [2.05, 4.69) is 25.9 Å². The number of hydrogen-bond acceptors (Lipinski definition) is 11. The van der Waals surface area contributed by atoms with Crippen LogP contribution in [0.25, 0.3) is 11.8 Å². The molecule has 2 aromatic carbocycles. The lowest BCUT2D eigenvalue weighted by Gasteiger charge is -2.26. The molecule has 226 valence electrons. The minimum Gasteiger partial charge on any atom is -0.463 e. The van der Waals surface area contributed by atoms with Crippen molar-refractivity contribution >= 4 is 56.8 Å². The third-order valence-electron chi connectivity index (χ3n) is 6.99. The van der Waals surface area contributed by atoms with Crippen molar-refractivity contribution in [2.45, 2.75) is 30.1 Å². The highest BCUT2D eigenvalue weighted by Gasteiger charge is 2.36. The number of hydrogen-bond donors (Lipinski definition) is 0.